The lowest BCUT2D eigenvalue weighted by Gasteiger charge is -2.40. The summed E-state index contributed by atoms with van der Waals surface area (Å²) in [6.45, 7) is 12.7. The van der Waals surface area contributed by atoms with Crippen LogP contribution in [0.1, 0.15) is 44.4 Å². The molecule has 0 aromatic heterocycles. The fourth-order valence-corrected chi connectivity index (χ4v) is 3.07. The summed E-state index contributed by atoms with van der Waals surface area (Å²) >= 11 is 0. The van der Waals surface area contributed by atoms with Crippen molar-refractivity contribution in [1.82, 2.24) is 10.2 Å². The molecule has 1 fully saturated rings. The Morgan fingerprint density at radius 1 is 1.13 bits per heavy atom. The van der Waals surface area contributed by atoms with E-state index >= 15 is 0 Å². The minimum Gasteiger partial charge on any atom is -0.362 e. The van der Waals surface area contributed by atoms with Crippen molar-refractivity contribution in [2.45, 2.75) is 53.3 Å². The second kappa shape index (κ2) is 15.1. The lowest BCUT2D eigenvalue weighted by atomic mass is 10.0. The third kappa shape index (κ3) is 10.3. The van der Waals surface area contributed by atoms with Gasteiger partial charge in [0.05, 0.1) is 13.3 Å². The van der Waals surface area contributed by atoms with Crippen LogP contribution in [-0.2, 0) is 24.3 Å². The molecular weight excluding hydrogens is 377 g/mol. The van der Waals surface area contributed by atoms with Crippen molar-refractivity contribution in [2.24, 2.45) is 11.7 Å². The molecule has 5 heteroatoms. The predicted molar refractivity (Wildman–Crippen MR) is 125 cm³/mol. The summed E-state index contributed by atoms with van der Waals surface area (Å²) in [7, 11) is 1.78. The number of hydrogen-bond acceptors (Lipinski definition) is 4. The number of aryl methyl sites for hydroxylation is 1. The summed E-state index contributed by atoms with van der Waals surface area (Å²) in [5, 5.41) is 2.90. The topological polar surface area (TPSA) is 50.5 Å². The molecule has 0 radical (unpaired) electrons. The third-order valence-electron chi connectivity index (χ3n) is 4.95. The van der Waals surface area contributed by atoms with Crippen LogP contribution in [0.25, 0.3) is 0 Å². The Bertz CT molecular complexity index is 688. The second-order valence-electron chi connectivity index (χ2n) is 7.96. The average Bonchev–Trinajstić information content (AvgIpc) is 2.73. The minimum atomic E-state index is -0.211. The second-order valence-corrected chi connectivity index (χ2v) is 7.96. The molecule has 1 heterocycles. The fraction of sp³-hybridized carbons (Fsp3) is 0.520. The maximum atomic E-state index is 13.3. The average molecular weight is 418 g/mol. The van der Waals surface area contributed by atoms with Gasteiger partial charge in [-0.15, -0.1) is 0 Å². The number of halogens is 1. The van der Waals surface area contributed by atoms with Crippen molar-refractivity contribution in [1.29, 1.82) is 0 Å². The molecule has 4 nitrogen and oxygen atoms in total. The number of nitrogens with one attached hydrogen (secondary N) is 1. The number of benzene rings is 2. The highest BCUT2D eigenvalue weighted by Crippen LogP contribution is 2.16. The Morgan fingerprint density at radius 2 is 1.80 bits per heavy atom. The van der Waals surface area contributed by atoms with Gasteiger partial charge in [-0.25, -0.2) is 4.39 Å². The standard InChI is InChI=1S/C10H15FN2O.C8H10.C7H15N/c1-13-5-9-3-2-8(4-10(9)11)6-14-7-12;1-2-8-6-4-3-5-7-8;1-6(2)8-4-7(3)5-8/h2-4,13H,5-7,12H2,1H3;3-7H,2H2,1H3;6-7H,4-5H2,1-3H3. The van der Waals surface area contributed by atoms with Crippen LogP contribution >= 0.6 is 0 Å². The van der Waals surface area contributed by atoms with Crippen molar-refractivity contribution in [3.8, 4) is 0 Å². The molecule has 3 rings (SSSR count). The molecule has 2 aromatic carbocycles. The molecule has 1 aliphatic heterocycles. The maximum Gasteiger partial charge on any atom is 0.128 e. The van der Waals surface area contributed by atoms with Crippen LogP contribution in [-0.4, -0.2) is 37.8 Å². The molecule has 30 heavy (non-hydrogen) atoms. The van der Waals surface area contributed by atoms with Gasteiger partial charge in [-0.2, -0.15) is 0 Å². The first-order valence-corrected chi connectivity index (χ1v) is 10.9. The fourth-order valence-electron chi connectivity index (χ4n) is 3.07. The summed E-state index contributed by atoms with van der Waals surface area (Å²) in [4.78, 5) is 2.49. The molecular formula is C25H40FN3O. The van der Waals surface area contributed by atoms with Gasteiger partial charge in [0, 0.05) is 31.2 Å². The van der Waals surface area contributed by atoms with Crippen LogP contribution in [0.5, 0.6) is 0 Å². The zero-order chi connectivity index (χ0) is 22.4. The van der Waals surface area contributed by atoms with Crippen LogP contribution < -0.4 is 11.1 Å². The van der Waals surface area contributed by atoms with E-state index in [1.165, 1.54) is 24.7 Å². The molecule has 0 amide bonds. The maximum absolute atomic E-state index is 13.3. The Hall–Kier alpha value is -1.79. The summed E-state index contributed by atoms with van der Waals surface area (Å²) in [6.07, 6.45) is 1.14. The molecule has 0 unspecified atom stereocenters. The van der Waals surface area contributed by atoms with Gasteiger partial charge in [0.2, 0.25) is 0 Å². The van der Waals surface area contributed by atoms with Crippen molar-refractivity contribution < 1.29 is 9.13 Å². The quantitative estimate of drug-likeness (QED) is 0.648. The van der Waals surface area contributed by atoms with Crippen LogP contribution in [0.15, 0.2) is 48.5 Å². The molecule has 1 aliphatic rings. The largest absolute Gasteiger partial charge is 0.362 e. The highest BCUT2D eigenvalue weighted by molar-refractivity contribution is 5.23. The van der Waals surface area contributed by atoms with Crippen molar-refractivity contribution in [2.75, 3.05) is 26.9 Å². The number of ether oxygens (including phenoxy) is 1. The highest BCUT2D eigenvalue weighted by atomic mass is 19.1. The van der Waals surface area contributed by atoms with Gasteiger partial charge in [0.15, 0.2) is 0 Å². The smallest absolute Gasteiger partial charge is 0.128 e. The van der Waals surface area contributed by atoms with E-state index in [0.717, 1.165) is 23.9 Å². The van der Waals surface area contributed by atoms with Crippen LogP contribution in [0.2, 0.25) is 0 Å². The van der Waals surface area contributed by atoms with E-state index in [2.05, 4.69) is 62.2 Å². The molecule has 3 N–H and O–H groups in total. The first-order chi connectivity index (χ1) is 14.4. The number of rotatable bonds is 7. The zero-order valence-electron chi connectivity index (χ0n) is 19.3. The Kier molecular flexibility index (Phi) is 13.2. The monoisotopic (exact) mass is 417 g/mol. The van der Waals surface area contributed by atoms with E-state index in [1.807, 2.05) is 12.1 Å². The molecule has 0 aliphatic carbocycles. The summed E-state index contributed by atoms with van der Waals surface area (Å²) < 4.78 is 18.3. The molecule has 0 bridgehead atoms. The number of nitrogens with zero attached hydrogens (tertiary/aromatic N) is 1. The summed E-state index contributed by atoms with van der Waals surface area (Å²) in [6, 6.07) is 16.3. The van der Waals surface area contributed by atoms with Gasteiger partial charge in [-0.1, -0.05) is 56.3 Å². The first kappa shape index (κ1) is 26.2. The summed E-state index contributed by atoms with van der Waals surface area (Å²) in [5.41, 5.74) is 8.03. The van der Waals surface area contributed by atoms with Gasteiger partial charge >= 0.3 is 0 Å². The van der Waals surface area contributed by atoms with E-state index in [1.54, 1.807) is 13.1 Å². The number of nitrogens with two attached hydrogens (primary N) is 1. The number of hydrogen-bond donors (Lipinski definition) is 2. The zero-order valence-corrected chi connectivity index (χ0v) is 19.3. The van der Waals surface area contributed by atoms with Gasteiger partial charge in [-0.05, 0) is 50.4 Å². The van der Waals surface area contributed by atoms with Gasteiger partial charge in [0.1, 0.15) is 5.82 Å². The summed E-state index contributed by atoms with van der Waals surface area (Å²) in [5.74, 6) is 0.745. The SMILES string of the molecule is CC1CN(C(C)C)C1.CCc1ccccc1.CNCc1ccc(COCN)cc1F. The van der Waals surface area contributed by atoms with E-state index in [9.17, 15) is 4.39 Å². The van der Waals surface area contributed by atoms with Gasteiger partial charge in [0.25, 0.3) is 0 Å². The Balaban J connectivity index is 0.000000240. The van der Waals surface area contributed by atoms with E-state index in [4.69, 9.17) is 10.5 Å². The Labute approximate surface area is 182 Å². The van der Waals surface area contributed by atoms with Crippen LogP contribution in [0, 0.1) is 11.7 Å². The van der Waals surface area contributed by atoms with E-state index in [0.29, 0.717) is 18.7 Å². The molecule has 2 aromatic rings. The normalized spacial score (nSPS) is 13.7. The molecule has 0 atom stereocenters. The molecule has 168 valence electrons. The van der Waals surface area contributed by atoms with Gasteiger partial charge in [-0.3, -0.25) is 0 Å². The first-order valence-electron chi connectivity index (χ1n) is 10.9. The molecule has 0 saturated carbocycles. The third-order valence-corrected chi connectivity index (χ3v) is 4.95. The van der Waals surface area contributed by atoms with Crippen molar-refractivity contribution in [3.05, 3.63) is 71.0 Å². The number of likely N-dealkylation sites (tertiary alicyclic amines) is 1. The van der Waals surface area contributed by atoms with Crippen LogP contribution in [0.3, 0.4) is 0 Å². The lowest BCUT2D eigenvalue weighted by Crippen LogP contribution is -2.48. The van der Waals surface area contributed by atoms with Gasteiger partial charge < -0.3 is 20.7 Å². The van der Waals surface area contributed by atoms with Crippen LogP contribution in [0.4, 0.5) is 4.39 Å². The predicted octanol–water partition coefficient (Wildman–Crippen LogP) is 4.57. The lowest BCUT2D eigenvalue weighted by molar-refractivity contribution is 0.0787. The van der Waals surface area contributed by atoms with Crippen molar-refractivity contribution in [3.63, 3.8) is 0 Å². The van der Waals surface area contributed by atoms with E-state index < -0.39 is 0 Å². The Morgan fingerprint density at radius 3 is 2.20 bits per heavy atom. The minimum absolute atomic E-state index is 0.153. The van der Waals surface area contributed by atoms with E-state index in [-0.39, 0.29) is 12.5 Å². The van der Waals surface area contributed by atoms with Crippen molar-refractivity contribution >= 4 is 0 Å². The molecule has 0 spiro atoms. The highest BCUT2D eigenvalue weighted by Gasteiger charge is 2.23. The molecule has 1 saturated heterocycles.